The largest absolute Gasteiger partial charge is 0.455 e. The molecule has 5 atom stereocenters. The van der Waals surface area contributed by atoms with Gasteiger partial charge in [0, 0.05) is 4.91 Å². The molecule has 1 aliphatic rings. The summed E-state index contributed by atoms with van der Waals surface area (Å²) in [6, 6.07) is 9.08. The van der Waals surface area contributed by atoms with Crippen LogP contribution in [-0.2, 0) is 25.6 Å². The number of esters is 1. The Bertz CT molecular complexity index is 630. The summed E-state index contributed by atoms with van der Waals surface area (Å²) in [5, 5.41) is 3.92. The number of nitrogens with zero attached hydrogens (tertiary/aromatic N) is 3. The van der Waals surface area contributed by atoms with Gasteiger partial charge in [0.15, 0.2) is 6.10 Å². The van der Waals surface area contributed by atoms with Crippen LogP contribution < -0.4 is 0 Å². The van der Waals surface area contributed by atoms with Crippen molar-refractivity contribution in [1.29, 1.82) is 0 Å². The van der Waals surface area contributed by atoms with Gasteiger partial charge in [-0.05, 0) is 23.8 Å². The quantitative estimate of drug-likeness (QED) is 0.198. The number of carbonyl (C=O) groups excluding carboxylic acids is 1. The lowest BCUT2D eigenvalue weighted by atomic mass is 9.98. The molecule has 142 valence electrons. The molecule has 0 radical (unpaired) electrons. The zero-order valence-corrected chi connectivity index (χ0v) is 17.1. The molecule has 9 heteroatoms. The molecule has 7 nitrogen and oxygen atoms in total. The fourth-order valence-corrected chi connectivity index (χ4v) is 3.88. The van der Waals surface area contributed by atoms with Crippen LogP contribution in [0.2, 0.25) is 0 Å². The molecule has 0 aliphatic carbocycles. The number of carbonyl (C=O) groups is 1. The highest BCUT2D eigenvalue weighted by Crippen LogP contribution is 2.34. The molecule has 0 unspecified atom stereocenters. The Balaban J connectivity index is 2.26. The number of halogens is 1. The Hall–Kier alpha value is -1.25. The summed E-state index contributed by atoms with van der Waals surface area (Å²) in [4.78, 5) is 14.8. The number of azide groups is 1. The van der Waals surface area contributed by atoms with Gasteiger partial charge < -0.3 is 14.2 Å². The number of benzene rings is 1. The summed E-state index contributed by atoms with van der Waals surface area (Å²) in [6.45, 7) is 4.16. The first-order valence-electron chi connectivity index (χ1n) is 8.33. The third kappa shape index (κ3) is 5.62. The molecule has 0 amide bonds. The molecule has 0 aromatic heterocycles. The van der Waals surface area contributed by atoms with Gasteiger partial charge in [-0.25, -0.2) is 0 Å². The van der Waals surface area contributed by atoms with E-state index in [4.69, 9.17) is 19.7 Å². The summed E-state index contributed by atoms with van der Waals surface area (Å²) in [5.41, 5.74) is 9.55. The van der Waals surface area contributed by atoms with E-state index < -0.39 is 24.2 Å². The lowest BCUT2D eigenvalue weighted by Crippen LogP contribution is -2.57. The van der Waals surface area contributed by atoms with Gasteiger partial charge in [-0.2, -0.15) is 0 Å². The Morgan fingerprint density at radius 2 is 2.12 bits per heavy atom. The number of alkyl halides is 1. The first-order valence-corrected chi connectivity index (χ1v) is 10.5. The lowest BCUT2D eigenvalue weighted by Gasteiger charge is -2.43. The maximum Gasteiger partial charge on any atom is 0.317 e. The summed E-state index contributed by atoms with van der Waals surface area (Å²) in [6.07, 6.45) is -1.61. The van der Waals surface area contributed by atoms with Gasteiger partial charge in [0.2, 0.25) is 0 Å². The van der Waals surface area contributed by atoms with Gasteiger partial charge in [0.25, 0.3) is 0 Å². The molecule has 1 heterocycles. The number of hydrogen-bond acceptors (Lipinski definition) is 6. The predicted molar refractivity (Wildman–Crippen MR) is 104 cm³/mol. The second kappa shape index (κ2) is 10.8. The van der Waals surface area contributed by atoms with Crippen molar-refractivity contribution in [3.63, 3.8) is 0 Å². The second-order valence-corrected chi connectivity index (χ2v) is 7.65. The highest BCUT2D eigenvalue weighted by Gasteiger charge is 2.47. The van der Waals surface area contributed by atoms with Crippen molar-refractivity contribution in [2.45, 2.75) is 50.2 Å². The van der Waals surface area contributed by atoms with Gasteiger partial charge in [0.1, 0.15) is 16.9 Å². The second-order valence-electron chi connectivity index (χ2n) is 5.71. The van der Waals surface area contributed by atoms with E-state index in [1.54, 1.807) is 0 Å². The van der Waals surface area contributed by atoms with E-state index in [9.17, 15) is 4.79 Å². The molecular weight excluding hydrogens is 422 g/mol. The summed E-state index contributed by atoms with van der Waals surface area (Å²) in [5.74, 6) is 0.375. The van der Waals surface area contributed by atoms with Gasteiger partial charge >= 0.3 is 5.97 Å². The fraction of sp³-hybridized carbons (Fsp3) is 0.588. The van der Waals surface area contributed by atoms with Crippen molar-refractivity contribution in [3.05, 3.63) is 46.3 Å². The Morgan fingerprint density at radius 1 is 1.38 bits per heavy atom. The van der Waals surface area contributed by atoms with Gasteiger partial charge in [-0.15, -0.1) is 11.8 Å². The van der Waals surface area contributed by atoms with E-state index in [0.717, 1.165) is 11.3 Å². The lowest BCUT2D eigenvalue weighted by molar-refractivity contribution is -0.192. The fourth-order valence-electron chi connectivity index (χ4n) is 2.77. The van der Waals surface area contributed by atoms with Gasteiger partial charge in [-0.1, -0.05) is 58.3 Å². The number of ether oxygens (including phenoxy) is 3. The van der Waals surface area contributed by atoms with Crippen LogP contribution in [0.4, 0.5) is 0 Å². The molecule has 26 heavy (non-hydrogen) atoms. The van der Waals surface area contributed by atoms with E-state index in [-0.39, 0.29) is 16.9 Å². The van der Waals surface area contributed by atoms with Gasteiger partial charge in [-0.3, -0.25) is 4.79 Å². The normalized spacial score (nSPS) is 28.2. The molecule has 2 rings (SSSR count). The third-order valence-electron chi connectivity index (χ3n) is 3.94. The summed E-state index contributed by atoms with van der Waals surface area (Å²) in [7, 11) is 0. The van der Waals surface area contributed by atoms with Crippen molar-refractivity contribution in [3.8, 4) is 0 Å². The first-order chi connectivity index (χ1) is 12.6. The molecule has 1 aromatic rings. The van der Waals surface area contributed by atoms with Crippen LogP contribution in [0.5, 0.6) is 0 Å². The van der Waals surface area contributed by atoms with E-state index >= 15 is 0 Å². The summed E-state index contributed by atoms with van der Waals surface area (Å²) < 4.78 is 17.6. The van der Waals surface area contributed by atoms with Crippen molar-refractivity contribution in [1.82, 2.24) is 0 Å². The minimum absolute atomic E-state index is 0.0696. The van der Waals surface area contributed by atoms with E-state index in [2.05, 4.69) is 26.0 Å². The Labute approximate surface area is 165 Å². The van der Waals surface area contributed by atoms with E-state index in [1.807, 2.05) is 44.2 Å². The molecular formula is C17H22BrN3O4S. The van der Waals surface area contributed by atoms with Crippen LogP contribution in [0.25, 0.3) is 10.4 Å². The van der Waals surface area contributed by atoms with Crippen LogP contribution >= 0.6 is 27.7 Å². The molecule has 0 spiro atoms. The topological polar surface area (TPSA) is 93.5 Å². The number of rotatable bonds is 8. The van der Waals surface area contributed by atoms with Crippen LogP contribution in [0.1, 0.15) is 19.4 Å². The zero-order valence-electron chi connectivity index (χ0n) is 14.7. The van der Waals surface area contributed by atoms with Crippen LogP contribution in [0.15, 0.2) is 35.4 Å². The first kappa shape index (κ1) is 21.1. The SMILES string of the molecule is CCS[C@@H]1O[C@H](C)[C@@H](N=[N+]=[N-])[C@H](OCc2ccccc2)[C@H]1OC(=O)CBr. The molecule has 1 fully saturated rings. The van der Waals surface area contributed by atoms with Crippen LogP contribution in [-0.4, -0.2) is 46.8 Å². The standard InChI is InChI=1S/C17H22BrN3O4S/c1-3-26-17-16(25-13(22)9-18)15(14(20-21-19)11(2)24-17)23-10-12-7-5-4-6-8-12/h4-8,11,14-17H,3,9-10H2,1-2H3/t11-,14-,15+,16-,17+/m1/s1. The van der Waals surface area contributed by atoms with E-state index in [0.29, 0.717) is 6.61 Å². The van der Waals surface area contributed by atoms with E-state index in [1.165, 1.54) is 11.8 Å². The average Bonchev–Trinajstić information content (AvgIpc) is 2.65. The van der Waals surface area contributed by atoms with Crippen LogP contribution in [0.3, 0.4) is 0 Å². The maximum absolute atomic E-state index is 11.9. The monoisotopic (exact) mass is 443 g/mol. The highest BCUT2D eigenvalue weighted by atomic mass is 79.9. The molecule has 1 saturated heterocycles. The molecule has 0 saturated carbocycles. The average molecular weight is 444 g/mol. The Kier molecular flexibility index (Phi) is 8.74. The highest BCUT2D eigenvalue weighted by molar-refractivity contribution is 9.09. The zero-order chi connectivity index (χ0) is 18.9. The van der Waals surface area contributed by atoms with Crippen molar-refractivity contribution in [2.75, 3.05) is 11.1 Å². The minimum atomic E-state index is -0.666. The van der Waals surface area contributed by atoms with Crippen molar-refractivity contribution < 1.29 is 19.0 Å². The smallest absolute Gasteiger partial charge is 0.317 e. The molecule has 0 N–H and O–H groups in total. The maximum atomic E-state index is 11.9. The number of thioether (sulfide) groups is 1. The van der Waals surface area contributed by atoms with Crippen LogP contribution in [0, 0.1) is 0 Å². The van der Waals surface area contributed by atoms with Crippen molar-refractivity contribution in [2.24, 2.45) is 5.11 Å². The number of hydrogen-bond donors (Lipinski definition) is 0. The predicted octanol–water partition coefficient (Wildman–Crippen LogP) is 4.06. The minimum Gasteiger partial charge on any atom is -0.455 e. The van der Waals surface area contributed by atoms with Gasteiger partial charge in [0.05, 0.1) is 18.8 Å². The molecule has 1 aromatic carbocycles. The molecule has 0 bridgehead atoms. The van der Waals surface area contributed by atoms with Crippen molar-refractivity contribution >= 4 is 33.7 Å². The summed E-state index contributed by atoms with van der Waals surface area (Å²) >= 11 is 4.64. The molecule has 1 aliphatic heterocycles. The Morgan fingerprint density at radius 3 is 2.73 bits per heavy atom. The third-order valence-corrected chi connectivity index (χ3v) is 5.44.